The summed E-state index contributed by atoms with van der Waals surface area (Å²) in [6.07, 6.45) is 4.60. The summed E-state index contributed by atoms with van der Waals surface area (Å²) in [5.74, 6) is 0.912. The Morgan fingerprint density at radius 3 is 2.84 bits per heavy atom. The van der Waals surface area contributed by atoms with E-state index in [2.05, 4.69) is 17.2 Å². The van der Waals surface area contributed by atoms with Crippen LogP contribution in [-0.2, 0) is 19.9 Å². The Morgan fingerprint density at radius 1 is 1.32 bits per heavy atom. The summed E-state index contributed by atoms with van der Waals surface area (Å²) in [6.45, 7) is 2.81. The SMILES string of the molecule is CCCOc1ccc(Cl)cc1CCc1cn(C)nn1. The topological polar surface area (TPSA) is 39.9 Å². The minimum atomic E-state index is 0.722. The number of hydrogen-bond acceptors (Lipinski definition) is 3. The minimum absolute atomic E-state index is 0.722. The largest absolute Gasteiger partial charge is 0.493 e. The lowest BCUT2D eigenvalue weighted by molar-refractivity contribution is 0.314. The normalized spacial score (nSPS) is 10.7. The first-order chi connectivity index (χ1) is 9.19. The van der Waals surface area contributed by atoms with E-state index in [1.165, 1.54) is 0 Å². The molecule has 0 N–H and O–H groups in total. The third kappa shape index (κ3) is 3.96. The average molecular weight is 280 g/mol. The van der Waals surface area contributed by atoms with Crippen LogP contribution in [0.2, 0.25) is 5.02 Å². The summed E-state index contributed by atoms with van der Waals surface area (Å²) in [5, 5.41) is 8.75. The highest BCUT2D eigenvalue weighted by molar-refractivity contribution is 6.30. The molecule has 0 atom stereocenters. The molecule has 0 saturated heterocycles. The van der Waals surface area contributed by atoms with Gasteiger partial charge >= 0.3 is 0 Å². The van der Waals surface area contributed by atoms with E-state index in [1.807, 2.05) is 31.4 Å². The van der Waals surface area contributed by atoms with Gasteiger partial charge in [-0.1, -0.05) is 23.7 Å². The van der Waals surface area contributed by atoms with Gasteiger partial charge in [0.15, 0.2) is 0 Å². The fourth-order valence-corrected chi connectivity index (χ4v) is 2.06. The number of hydrogen-bond donors (Lipinski definition) is 0. The molecule has 19 heavy (non-hydrogen) atoms. The highest BCUT2D eigenvalue weighted by atomic mass is 35.5. The van der Waals surface area contributed by atoms with Crippen molar-refractivity contribution in [3.63, 3.8) is 0 Å². The Morgan fingerprint density at radius 2 is 2.16 bits per heavy atom. The van der Waals surface area contributed by atoms with E-state index < -0.39 is 0 Å². The van der Waals surface area contributed by atoms with Gasteiger partial charge in [0.05, 0.1) is 12.3 Å². The number of halogens is 1. The second kappa shape index (κ2) is 6.57. The number of aryl methyl sites for hydroxylation is 3. The van der Waals surface area contributed by atoms with Crippen LogP contribution >= 0.6 is 11.6 Å². The molecule has 2 rings (SSSR count). The van der Waals surface area contributed by atoms with Gasteiger partial charge in [0.25, 0.3) is 0 Å². The molecular weight excluding hydrogens is 262 g/mol. The van der Waals surface area contributed by atoms with Gasteiger partial charge in [0, 0.05) is 18.3 Å². The van der Waals surface area contributed by atoms with Gasteiger partial charge in [-0.25, -0.2) is 0 Å². The molecule has 5 heteroatoms. The van der Waals surface area contributed by atoms with E-state index >= 15 is 0 Å². The van der Waals surface area contributed by atoms with E-state index in [9.17, 15) is 0 Å². The predicted octanol–water partition coefficient (Wildman–Crippen LogP) is 3.04. The number of aromatic nitrogens is 3. The first-order valence-corrected chi connectivity index (χ1v) is 6.83. The molecule has 0 aliphatic rings. The highest BCUT2D eigenvalue weighted by Crippen LogP contribution is 2.24. The lowest BCUT2D eigenvalue weighted by Crippen LogP contribution is -2.00. The molecule has 1 aromatic carbocycles. The summed E-state index contributed by atoms with van der Waals surface area (Å²) in [5.41, 5.74) is 2.09. The van der Waals surface area contributed by atoms with E-state index in [4.69, 9.17) is 16.3 Å². The monoisotopic (exact) mass is 279 g/mol. The van der Waals surface area contributed by atoms with Crippen LogP contribution in [0.1, 0.15) is 24.6 Å². The Labute approximate surface area is 118 Å². The Balaban J connectivity index is 2.06. The molecule has 102 valence electrons. The van der Waals surface area contributed by atoms with Crippen molar-refractivity contribution in [2.45, 2.75) is 26.2 Å². The first kappa shape index (κ1) is 13.9. The molecule has 0 aliphatic heterocycles. The number of ether oxygens (including phenoxy) is 1. The zero-order chi connectivity index (χ0) is 13.7. The molecule has 0 saturated carbocycles. The third-order valence-corrected chi connectivity index (χ3v) is 3.02. The molecule has 0 radical (unpaired) electrons. The molecule has 0 aliphatic carbocycles. The number of benzene rings is 1. The van der Waals surface area contributed by atoms with Crippen LogP contribution in [0.5, 0.6) is 5.75 Å². The van der Waals surface area contributed by atoms with Crippen LogP contribution in [0, 0.1) is 0 Å². The van der Waals surface area contributed by atoms with Gasteiger partial charge in [-0.3, -0.25) is 4.68 Å². The maximum absolute atomic E-state index is 6.05. The van der Waals surface area contributed by atoms with Crippen molar-refractivity contribution in [2.24, 2.45) is 7.05 Å². The van der Waals surface area contributed by atoms with Crippen LogP contribution in [-0.4, -0.2) is 21.6 Å². The van der Waals surface area contributed by atoms with Gasteiger partial charge in [0.2, 0.25) is 0 Å². The number of rotatable bonds is 6. The Bertz CT molecular complexity index is 539. The number of nitrogens with zero attached hydrogens (tertiary/aromatic N) is 3. The maximum atomic E-state index is 6.05. The molecule has 4 nitrogen and oxygen atoms in total. The molecule has 2 aromatic rings. The first-order valence-electron chi connectivity index (χ1n) is 6.45. The lowest BCUT2D eigenvalue weighted by Gasteiger charge is -2.10. The zero-order valence-electron chi connectivity index (χ0n) is 11.3. The van der Waals surface area contributed by atoms with E-state index in [-0.39, 0.29) is 0 Å². The predicted molar refractivity (Wildman–Crippen MR) is 75.6 cm³/mol. The van der Waals surface area contributed by atoms with Crippen LogP contribution in [0.25, 0.3) is 0 Å². The molecule has 1 aromatic heterocycles. The molecule has 1 heterocycles. The van der Waals surface area contributed by atoms with Gasteiger partial charge in [-0.15, -0.1) is 5.10 Å². The fraction of sp³-hybridized carbons (Fsp3) is 0.429. The van der Waals surface area contributed by atoms with Crippen molar-refractivity contribution >= 4 is 11.6 Å². The van der Waals surface area contributed by atoms with Gasteiger partial charge in [-0.2, -0.15) is 0 Å². The van der Waals surface area contributed by atoms with Crippen molar-refractivity contribution in [1.82, 2.24) is 15.0 Å². The second-order valence-electron chi connectivity index (χ2n) is 4.48. The molecular formula is C14H18ClN3O. The van der Waals surface area contributed by atoms with E-state index in [0.29, 0.717) is 0 Å². The quantitative estimate of drug-likeness (QED) is 0.816. The van der Waals surface area contributed by atoms with Crippen LogP contribution in [0.4, 0.5) is 0 Å². The fourth-order valence-electron chi connectivity index (χ4n) is 1.87. The standard InChI is InChI=1S/C14H18ClN3O/c1-3-8-19-14-7-5-12(15)9-11(14)4-6-13-10-18(2)17-16-13/h5,7,9-10H,3-4,6,8H2,1-2H3. The zero-order valence-corrected chi connectivity index (χ0v) is 12.0. The maximum Gasteiger partial charge on any atom is 0.122 e. The summed E-state index contributed by atoms with van der Waals surface area (Å²) >= 11 is 6.05. The summed E-state index contributed by atoms with van der Waals surface area (Å²) in [7, 11) is 1.87. The summed E-state index contributed by atoms with van der Waals surface area (Å²) in [6, 6.07) is 5.76. The van der Waals surface area contributed by atoms with Crippen molar-refractivity contribution in [3.05, 3.63) is 40.7 Å². The average Bonchev–Trinajstić information content (AvgIpc) is 2.81. The van der Waals surface area contributed by atoms with Crippen LogP contribution < -0.4 is 4.74 Å². The molecule has 0 spiro atoms. The van der Waals surface area contributed by atoms with E-state index in [1.54, 1.807) is 4.68 Å². The molecule has 0 bridgehead atoms. The van der Waals surface area contributed by atoms with Crippen molar-refractivity contribution in [3.8, 4) is 5.75 Å². The van der Waals surface area contributed by atoms with Crippen LogP contribution in [0.3, 0.4) is 0 Å². The molecule has 0 unspecified atom stereocenters. The lowest BCUT2D eigenvalue weighted by atomic mass is 10.1. The van der Waals surface area contributed by atoms with Crippen molar-refractivity contribution in [2.75, 3.05) is 6.61 Å². The summed E-state index contributed by atoms with van der Waals surface area (Å²) in [4.78, 5) is 0. The smallest absolute Gasteiger partial charge is 0.122 e. The summed E-state index contributed by atoms with van der Waals surface area (Å²) < 4.78 is 7.45. The van der Waals surface area contributed by atoms with Crippen LogP contribution in [0.15, 0.2) is 24.4 Å². The van der Waals surface area contributed by atoms with Crippen molar-refractivity contribution in [1.29, 1.82) is 0 Å². The Hall–Kier alpha value is -1.55. The van der Waals surface area contributed by atoms with Gasteiger partial charge in [-0.05, 0) is 43.0 Å². The molecule has 0 fully saturated rings. The van der Waals surface area contributed by atoms with Gasteiger partial charge in [0.1, 0.15) is 5.75 Å². The third-order valence-electron chi connectivity index (χ3n) is 2.78. The van der Waals surface area contributed by atoms with E-state index in [0.717, 1.165) is 47.9 Å². The second-order valence-corrected chi connectivity index (χ2v) is 4.92. The molecule has 0 amide bonds. The minimum Gasteiger partial charge on any atom is -0.493 e. The highest BCUT2D eigenvalue weighted by Gasteiger charge is 2.07. The van der Waals surface area contributed by atoms with Gasteiger partial charge < -0.3 is 4.74 Å². The van der Waals surface area contributed by atoms with Crippen molar-refractivity contribution < 1.29 is 4.74 Å². The Kier molecular flexibility index (Phi) is 4.80.